The summed E-state index contributed by atoms with van der Waals surface area (Å²) in [5.41, 5.74) is 0.988. The zero-order valence-electron chi connectivity index (χ0n) is 11.3. The van der Waals surface area contributed by atoms with E-state index in [1.807, 2.05) is 0 Å². The number of benzene rings is 1. The summed E-state index contributed by atoms with van der Waals surface area (Å²) in [6.07, 6.45) is 0. The van der Waals surface area contributed by atoms with E-state index in [-0.39, 0.29) is 17.3 Å². The number of Topliss-reactive ketones (excluding diaryl/α,β-unsaturated/α-hetero) is 1. The van der Waals surface area contributed by atoms with Crippen LogP contribution in [0.3, 0.4) is 0 Å². The van der Waals surface area contributed by atoms with Crippen LogP contribution in [0.2, 0.25) is 0 Å². The SMILES string of the molecule is CCOC(=O)C(=O)c1ccc(C#CCSC(C)=O)cc1. The highest BCUT2D eigenvalue weighted by atomic mass is 32.2. The van der Waals surface area contributed by atoms with Gasteiger partial charge in [0.25, 0.3) is 5.78 Å². The average molecular weight is 290 g/mol. The van der Waals surface area contributed by atoms with Gasteiger partial charge in [-0.1, -0.05) is 23.6 Å². The third-order valence-electron chi connectivity index (χ3n) is 2.19. The molecule has 5 heteroatoms. The van der Waals surface area contributed by atoms with Crippen molar-refractivity contribution in [3.05, 3.63) is 35.4 Å². The highest BCUT2D eigenvalue weighted by Crippen LogP contribution is 2.06. The smallest absolute Gasteiger partial charge is 0.379 e. The van der Waals surface area contributed by atoms with Gasteiger partial charge in [0, 0.05) is 18.1 Å². The molecule has 0 aliphatic carbocycles. The number of rotatable bonds is 4. The molecule has 0 unspecified atom stereocenters. The van der Waals surface area contributed by atoms with Gasteiger partial charge in [-0.2, -0.15) is 0 Å². The molecule has 0 fully saturated rings. The van der Waals surface area contributed by atoms with Crippen molar-refractivity contribution in [2.75, 3.05) is 12.4 Å². The Morgan fingerprint density at radius 2 is 1.85 bits per heavy atom. The Balaban J connectivity index is 2.66. The van der Waals surface area contributed by atoms with Crippen LogP contribution in [0.25, 0.3) is 0 Å². The van der Waals surface area contributed by atoms with Gasteiger partial charge in [0.2, 0.25) is 0 Å². The van der Waals surface area contributed by atoms with Crippen molar-refractivity contribution in [1.29, 1.82) is 0 Å². The maximum absolute atomic E-state index is 11.6. The molecule has 0 amide bonds. The van der Waals surface area contributed by atoms with Crippen molar-refractivity contribution < 1.29 is 19.1 Å². The minimum atomic E-state index is -0.857. The molecule has 0 aromatic heterocycles. The number of ketones is 1. The van der Waals surface area contributed by atoms with Crippen molar-refractivity contribution in [2.45, 2.75) is 13.8 Å². The van der Waals surface area contributed by atoms with Crippen LogP contribution in [0.4, 0.5) is 0 Å². The van der Waals surface area contributed by atoms with Gasteiger partial charge in [0.15, 0.2) is 5.12 Å². The summed E-state index contributed by atoms with van der Waals surface area (Å²) >= 11 is 1.14. The number of esters is 1. The molecule has 0 atom stereocenters. The summed E-state index contributed by atoms with van der Waals surface area (Å²) in [6, 6.07) is 6.36. The van der Waals surface area contributed by atoms with Crippen molar-refractivity contribution >= 4 is 28.6 Å². The van der Waals surface area contributed by atoms with Gasteiger partial charge >= 0.3 is 5.97 Å². The molecule has 0 spiro atoms. The second-order valence-corrected chi connectivity index (χ2v) is 4.86. The zero-order chi connectivity index (χ0) is 15.0. The van der Waals surface area contributed by atoms with E-state index in [2.05, 4.69) is 16.6 Å². The van der Waals surface area contributed by atoms with Crippen LogP contribution < -0.4 is 0 Å². The maximum atomic E-state index is 11.6. The number of carbonyl (C=O) groups excluding carboxylic acids is 3. The van der Waals surface area contributed by atoms with Crippen LogP contribution in [-0.4, -0.2) is 29.2 Å². The molecule has 0 aliphatic rings. The molecular formula is C15H14O4S. The van der Waals surface area contributed by atoms with Gasteiger partial charge in [0.1, 0.15) is 0 Å². The fraction of sp³-hybridized carbons (Fsp3) is 0.267. The Hall–Kier alpha value is -2.06. The Kier molecular flexibility index (Phi) is 6.54. The first-order valence-electron chi connectivity index (χ1n) is 5.98. The minimum Gasteiger partial charge on any atom is -0.460 e. The topological polar surface area (TPSA) is 60.4 Å². The van der Waals surface area contributed by atoms with Crippen molar-refractivity contribution in [3.63, 3.8) is 0 Å². The van der Waals surface area contributed by atoms with Crippen molar-refractivity contribution in [3.8, 4) is 11.8 Å². The fourth-order valence-electron chi connectivity index (χ4n) is 1.30. The fourth-order valence-corrected chi connectivity index (χ4v) is 1.64. The van der Waals surface area contributed by atoms with Crippen molar-refractivity contribution in [2.24, 2.45) is 0 Å². The third-order valence-corrected chi connectivity index (χ3v) is 2.88. The molecule has 0 saturated carbocycles. The number of hydrogen-bond acceptors (Lipinski definition) is 5. The summed E-state index contributed by atoms with van der Waals surface area (Å²) in [5, 5.41) is 0.0229. The standard InChI is InChI=1S/C15H14O4S/c1-3-19-15(18)14(17)13-8-6-12(7-9-13)5-4-10-20-11(2)16/h6-9H,3,10H2,1-2H3. The van der Waals surface area contributed by atoms with Crippen LogP contribution in [0, 0.1) is 11.8 Å². The molecule has 1 aromatic carbocycles. The highest BCUT2D eigenvalue weighted by Gasteiger charge is 2.16. The Bertz CT molecular complexity index is 564. The highest BCUT2D eigenvalue weighted by molar-refractivity contribution is 8.13. The lowest BCUT2D eigenvalue weighted by atomic mass is 10.1. The van der Waals surface area contributed by atoms with E-state index in [1.165, 1.54) is 19.1 Å². The molecule has 0 saturated heterocycles. The van der Waals surface area contributed by atoms with Gasteiger partial charge in [-0.25, -0.2) is 4.79 Å². The molecule has 0 aliphatic heterocycles. The normalized spacial score (nSPS) is 9.30. The molecule has 20 heavy (non-hydrogen) atoms. The summed E-state index contributed by atoms with van der Waals surface area (Å²) < 4.78 is 4.64. The Labute approximate surface area is 121 Å². The van der Waals surface area contributed by atoms with Crippen LogP contribution in [0.5, 0.6) is 0 Å². The number of hydrogen-bond donors (Lipinski definition) is 0. The van der Waals surface area contributed by atoms with E-state index in [4.69, 9.17) is 0 Å². The summed E-state index contributed by atoms with van der Waals surface area (Å²) in [4.78, 5) is 33.6. The lowest BCUT2D eigenvalue weighted by molar-refractivity contribution is -0.137. The summed E-state index contributed by atoms with van der Waals surface area (Å²) in [7, 11) is 0. The molecule has 4 nitrogen and oxygen atoms in total. The van der Waals surface area contributed by atoms with Gasteiger partial charge < -0.3 is 4.74 Å². The van der Waals surface area contributed by atoms with Crippen LogP contribution >= 0.6 is 11.8 Å². The minimum absolute atomic E-state index is 0.0229. The molecule has 1 aromatic rings. The van der Waals surface area contributed by atoms with Crippen LogP contribution in [0.15, 0.2) is 24.3 Å². The third kappa shape index (κ3) is 5.29. The summed E-state index contributed by atoms with van der Waals surface area (Å²) in [5.74, 6) is 4.61. The molecule has 104 valence electrons. The van der Waals surface area contributed by atoms with E-state index in [0.717, 1.165) is 17.3 Å². The Morgan fingerprint density at radius 1 is 1.20 bits per heavy atom. The predicted octanol–water partition coefficient (Wildman–Crippen LogP) is 2.06. The molecule has 0 bridgehead atoms. The molecular weight excluding hydrogens is 276 g/mol. The maximum Gasteiger partial charge on any atom is 0.379 e. The van der Waals surface area contributed by atoms with Crippen molar-refractivity contribution in [1.82, 2.24) is 0 Å². The first-order valence-corrected chi connectivity index (χ1v) is 6.97. The molecule has 1 rings (SSSR count). The lowest BCUT2D eigenvalue weighted by Gasteiger charge is -2.00. The molecule has 0 radical (unpaired) electrons. The molecule has 0 N–H and O–H groups in total. The average Bonchev–Trinajstić information content (AvgIpc) is 2.43. The number of thioether (sulfide) groups is 1. The van der Waals surface area contributed by atoms with Crippen LogP contribution in [0.1, 0.15) is 29.8 Å². The van der Waals surface area contributed by atoms with E-state index in [1.54, 1.807) is 19.1 Å². The second-order valence-electron chi connectivity index (χ2n) is 3.71. The zero-order valence-corrected chi connectivity index (χ0v) is 12.1. The Morgan fingerprint density at radius 3 is 2.40 bits per heavy atom. The first kappa shape index (κ1) is 16.0. The second kappa shape index (κ2) is 8.18. The number of carbonyl (C=O) groups is 3. The number of ether oxygens (including phenoxy) is 1. The largest absolute Gasteiger partial charge is 0.460 e. The van der Waals surface area contributed by atoms with E-state index < -0.39 is 11.8 Å². The summed E-state index contributed by atoms with van der Waals surface area (Å²) in [6.45, 7) is 3.30. The predicted molar refractivity (Wildman–Crippen MR) is 77.4 cm³/mol. The van der Waals surface area contributed by atoms with Gasteiger partial charge in [-0.3, -0.25) is 9.59 Å². The van der Waals surface area contributed by atoms with Crippen LogP contribution in [-0.2, 0) is 14.3 Å². The quantitative estimate of drug-likeness (QED) is 0.368. The lowest BCUT2D eigenvalue weighted by Crippen LogP contribution is -2.17. The van der Waals surface area contributed by atoms with E-state index >= 15 is 0 Å². The van der Waals surface area contributed by atoms with Gasteiger partial charge in [-0.15, -0.1) is 0 Å². The monoisotopic (exact) mass is 290 g/mol. The van der Waals surface area contributed by atoms with Gasteiger partial charge in [-0.05, 0) is 31.2 Å². The van der Waals surface area contributed by atoms with E-state index in [9.17, 15) is 14.4 Å². The molecule has 0 heterocycles. The first-order chi connectivity index (χ1) is 9.54. The van der Waals surface area contributed by atoms with Gasteiger partial charge in [0.05, 0.1) is 12.4 Å². The van der Waals surface area contributed by atoms with E-state index in [0.29, 0.717) is 5.75 Å².